The van der Waals surface area contributed by atoms with E-state index in [0.717, 1.165) is 0 Å². The number of benzene rings is 1. The molecule has 0 unspecified atom stereocenters. The summed E-state index contributed by atoms with van der Waals surface area (Å²) in [7, 11) is 0. The molecule has 0 spiro atoms. The van der Waals surface area contributed by atoms with Gasteiger partial charge in [0.15, 0.2) is 0 Å². The van der Waals surface area contributed by atoms with Crippen molar-refractivity contribution in [3.05, 3.63) is 29.8 Å². The Bertz CT molecular complexity index is 298. The number of aryl methyl sites for hydroxylation is 1. The van der Waals surface area contributed by atoms with Crippen LogP contribution in [0.4, 0.5) is 13.2 Å². The maximum atomic E-state index is 11.9. The minimum Gasteiger partial charge on any atom is -0.406 e. The summed E-state index contributed by atoms with van der Waals surface area (Å²) in [5.41, 5.74) is 0.458. The molecule has 14 heavy (non-hydrogen) atoms. The maximum Gasteiger partial charge on any atom is 0.573 e. The lowest BCUT2D eigenvalue weighted by Crippen LogP contribution is -2.18. The summed E-state index contributed by atoms with van der Waals surface area (Å²) in [5, 5.41) is 0. The van der Waals surface area contributed by atoms with Crippen molar-refractivity contribution < 1.29 is 17.9 Å². The van der Waals surface area contributed by atoms with Gasteiger partial charge in [0.05, 0.1) is 0 Å². The molecule has 0 radical (unpaired) electrons. The highest BCUT2D eigenvalue weighted by molar-refractivity contribution is 6.18. The van der Waals surface area contributed by atoms with E-state index in [0.29, 0.717) is 12.0 Å². The fraction of sp³-hybridized carbons (Fsp3) is 0.333. The highest BCUT2D eigenvalue weighted by Crippen LogP contribution is 2.26. The van der Waals surface area contributed by atoms with Gasteiger partial charge in [0.1, 0.15) is 5.75 Å². The Morgan fingerprint density at radius 2 is 1.86 bits per heavy atom. The van der Waals surface area contributed by atoms with Crippen LogP contribution in [-0.4, -0.2) is 12.2 Å². The second kappa shape index (κ2) is 4.55. The quantitative estimate of drug-likeness (QED) is 0.716. The van der Waals surface area contributed by atoms with Gasteiger partial charge in [-0.1, -0.05) is 18.2 Å². The Hall–Kier alpha value is -0.900. The fourth-order valence-corrected chi connectivity index (χ4v) is 1.24. The van der Waals surface area contributed by atoms with E-state index in [-0.39, 0.29) is 11.6 Å². The second-order valence-electron chi connectivity index (χ2n) is 2.59. The zero-order valence-corrected chi connectivity index (χ0v) is 7.90. The summed E-state index contributed by atoms with van der Waals surface area (Å²) < 4.78 is 39.5. The predicted molar refractivity (Wildman–Crippen MR) is 47.5 cm³/mol. The van der Waals surface area contributed by atoms with Crippen molar-refractivity contribution in [1.82, 2.24) is 0 Å². The zero-order valence-electron chi connectivity index (χ0n) is 7.14. The lowest BCUT2D eigenvalue weighted by atomic mass is 10.1. The van der Waals surface area contributed by atoms with E-state index < -0.39 is 6.36 Å². The van der Waals surface area contributed by atoms with Crippen molar-refractivity contribution in [3.63, 3.8) is 0 Å². The van der Waals surface area contributed by atoms with Gasteiger partial charge in [0.25, 0.3) is 0 Å². The first-order valence-corrected chi connectivity index (χ1v) is 4.46. The number of halogens is 4. The van der Waals surface area contributed by atoms with Crippen LogP contribution in [0, 0.1) is 0 Å². The van der Waals surface area contributed by atoms with E-state index in [9.17, 15) is 13.2 Å². The summed E-state index contributed by atoms with van der Waals surface area (Å²) >= 11 is 5.44. The van der Waals surface area contributed by atoms with Crippen molar-refractivity contribution in [2.45, 2.75) is 12.8 Å². The van der Waals surface area contributed by atoms with E-state index >= 15 is 0 Å². The molecule has 0 atom stereocenters. The molecule has 1 aromatic rings. The molecule has 0 aliphatic rings. The number of ether oxygens (including phenoxy) is 1. The minimum atomic E-state index is -4.65. The van der Waals surface area contributed by atoms with Crippen LogP contribution >= 0.6 is 11.6 Å². The Morgan fingerprint density at radius 3 is 2.43 bits per heavy atom. The van der Waals surface area contributed by atoms with Crippen LogP contribution in [0.25, 0.3) is 0 Å². The third kappa shape index (κ3) is 3.46. The Balaban J connectivity index is 2.84. The number of hydrogen-bond acceptors (Lipinski definition) is 1. The molecule has 0 heterocycles. The van der Waals surface area contributed by atoms with Gasteiger partial charge in [0, 0.05) is 5.88 Å². The molecule has 0 aliphatic carbocycles. The van der Waals surface area contributed by atoms with Gasteiger partial charge < -0.3 is 4.74 Å². The molecule has 0 amide bonds. The molecule has 78 valence electrons. The number of rotatable bonds is 3. The van der Waals surface area contributed by atoms with Gasteiger partial charge >= 0.3 is 6.36 Å². The van der Waals surface area contributed by atoms with Gasteiger partial charge in [-0.15, -0.1) is 24.8 Å². The summed E-state index contributed by atoms with van der Waals surface area (Å²) in [6.45, 7) is 0. The molecule has 1 rings (SSSR count). The molecular formula is C9H8ClF3O. The van der Waals surface area contributed by atoms with Gasteiger partial charge in [-0.25, -0.2) is 0 Å². The van der Waals surface area contributed by atoms with Crippen LogP contribution in [0.3, 0.4) is 0 Å². The molecular weight excluding hydrogens is 217 g/mol. The molecule has 5 heteroatoms. The van der Waals surface area contributed by atoms with E-state index in [1.54, 1.807) is 12.1 Å². The Kier molecular flexibility index (Phi) is 3.63. The van der Waals surface area contributed by atoms with Gasteiger partial charge in [-0.3, -0.25) is 0 Å². The average molecular weight is 225 g/mol. The van der Waals surface area contributed by atoms with Crippen LogP contribution in [0.15, 0.2) is 24.3 Å². The highest BCUT2D eigenvalue weighted by atomic mass is 35.5. The summed E-state index contributed by atoms with van der Waals surface area (Å²) in [6.07, 6.45) is -4.30. The van der Waals surface area contributed by atoms with Gasteiger partial charge in [-0.05, 0) is 18.1 Å². The van der Waals surface area contributed by atoms with E-state index in [2.05, 4.69) is 4.74 Å². The number of alkyl halides is 4. The molecule has 0 fully saturated rings. The normalized spacial score (nSPS) is 11.4. The molecule has 0 aliphatic heterocycles. The van der Waals surface area contributed by atoms with Crippen LogP contribution < -0.4 is 4.74 Å². The van der Waals surface area contributed by atoms with Crippen molar-refractivity contribution in [1.29, 1.82) is 0 Å². The molecule has 0 saturated carbocycles. The Morgan fingerprint density at radius 1 is 1.21 bits per heavy atom. The minimum absolute atomic E-state index is 0.180. The first-order valence-electron chi connectivity index (χ1n) is 3.92. The van der Waals surface area contributed by atoms with Crippen LogP contribution in [0.5, 0.6) is 5.75 Å². The average Bonchev–Trinajstić information content (AvgIpc) is 2.06. The van der Waals surface area contributed by atoms with Crippen molar-refractivity contribution in [2.24, 2.45) is 0 Å². The number of para-hydroxylation sites is 1. The van der Waals surface area contributed by atoms with Gasteiger partial charge in [0.2, 0.25) is 0 Å². The van der Waals surface area contributed by atoms with Gasteiger partial charge in [-0.2, -0.15) is 0 Å². The summed E-state index contributed by atoms with van der Waals surface area (Å²) in [5.74, 6) is 0.0822. The molecule has 0 bridgehead atoms. The van der Waals surface area contributed by atoms with Crippen LogP contribution in [0.2, 0.25) is 0 Å². The molecule has 0 aromatic heterocycles. The monoisotopic (exact) mass is 224 g/mol. The van der Waals surface area contributed by atoms with E-state index in [4.69, 9.17) is 11.6 Å². The second-order valence-corrected chi connectivity index (χ2v) is 2.97. The highest BCUT2D eigenvalue weighted by Gasteiger charge is 2.31. The number of hydrogen-bond donors (Lipinski definition) is 0. The van der Waals surface area contributed by atoms with Crippen molar-refractivity contribution >= 4 is 11.6 Å². The molecule has 1 aromatic carbocycles. The SMILES string of the molecule is FC(F)(F)Oc1ccccc1CCCl. The smallest absolute Gasteiger partial charge is 0.406 e. The molecule has 0 saturated heterocycles. The maximum absolute atomic E-state index is 11.9. The van der Waals surface area contributed by atoms with Crippen molar-refractivity contribution in [2.75, 3.05) is 5.88 Å². The first-order chi connectivity index (χ1) is 6.53. The first kappa shape index (κ1) is 11.2. The molecule has 1 nitrogen and oxygen atoms in total. The summed E-state index contributed by atoms with van der Waals surface area (Å²) in [6, 6.07) is 5.96. The topological polar surface area (TPSA) is 9.23 Å². The summed E-state index contributed by atoms with van der Waals surface area (Å²) in [4.78, 5) is 0. The third-order valence-corrected chi connectivity index (χ3v) is 1.75. The molecule has 0 N–H and O–H groups in total. The lowest BCUT2D eigenvalue weighted by molar-refractivity contribution is -0.274. The van der Waals surface area contributed by atoms with Crippen molar-refractivity contribution in [3.8, 4) is 5.75 Å². The Labute approximate surface area is 84.4 Å². The fourth-order valence-electron chi connectivity index (χ4n) is 1.04. The standard InChI is InChI=1S/C9H8ClF3O/c10-6-5-7-3-1-2-4-8(7)14-9(11,12)13/h1-4H,5-6H2. The third-order valence-electron chi connectivity index (χ3n) is 1.56. The largest absolute Gasteiger partial charge is 0.573 e. The zero-order chi connectivity index (χ0) is 10.6. The van der Waals surface area contributed by atoms with E-state index in [1.165, 1.54) is 12.1 Å². The predicted octanol–water partition coefficient (Wildman–Crippen LogP) is 3.37. The van der Waals surface area contributed by atoms with Crippen LogP contribution in [0.1, 0.15) is 5.56 Å². The van der Waals surface area contributed by atoms with Crippen LogP contribution in [-0.2, 0) is 6.42 Å². The van der Waals surface area contributed by atoms with E-state index in [1.807, 2.05) is 0 Å². The lowest BCUT2D eigenvalue weighted by Gasteiger charge is -2.12.